The summed E-state index contributed by atoms with van der Waals surface area (Å²) in [6.07, 6.45) is 2.02. The summed E-state index contributed by atoms with van der Waals surface area (Å²) in [6, 6.07) is 8.02. The summed E-state index contributed by atoms with van der Waals surface area (Å²) in [7, 11) is 0. The highest BCUT2D eigenvalue weighted by Gasteiger charge is 2.21. The second-order valence-corrected chi connectivity index (χ2v) is 5.56. The van der Waals surface area contributed by atoms with Crippen LogP contribution in [0.3, 0.4) is 0 Å². The molecule has 108 valence electrons. The van der Waals surface area contributed by atoms with Gasteiger partial charge in [0, 0.05) is 12.2 Å². The van der Waals surface area contributed by atoms with Crippen LogP contribution in [0.15, 0.2) is 24.3 Å². The summed E-state index contributed by atoms with van der Waals surface area (Å²) in [5.74, 6) is 0.346. The van der Waals surface area contributed by atoms with E-state index in [0.29, 0.717) is 12.4 Å². The van der Waals surface area contributed by atoms with E-state index in [1.807, 2.05) is 23.1 Å². The number of aryl methyl sites for hydroxylation is 1. The second-order valence-electron chi connectivity index (χ2n) is 4.58. The topological polar surface area (TPSA) is 46.6 Å². The standard InChI is InChI=1S/C15H19NO3S/c1-2-19-15(18)11-20-10-14(17)16-9-5-7-12-6-3-4-8-13(12)16/h3-4,6,8H,2,5,7,9-11H2,1H3. The van der Waals surface area contributed by atoms with Gasteiger partial charge in [-0.1, -0.05) is 18.2 Å². The number of ether oxygens (including phenoxy) is 1. The minimum atomic E-state index is -0.260. The SMILES string of the molecule is CCOC(=O)CSCC(=O)N1CCCc2ccccc21. The molecule has 20 heavy (non-hydrogen) atoms. The molecule has 0 fully saturated rings. The van der Waals surface area contributed by atoms with Gasteiger partial charge in [0.25, 0.3) is 0 Å². The summed E-state index contributed by atoms with van der Waals surface area (Å²) in [5.41, 5.74) is 2.24. The van der Waals surface area contributed by atoms with Crippen molar-refractivity contribution in [2.24, 2.45) is 0 Å². The average Bonchev–Trinajstić information content (AvgIpc) is 2.47. The van der Waals surface area contributed by atoms with Crippen LogP contribution in [0.1, 0.15) is 18.9 Å². The number of hydrogen-bond donors (Lipinski definition) is 0. The number of rotatable bonds is 5. The summed E-state index contributed by atoms with van der Waals surface area (Å²) in [5, 5.41) is 0. The van der Waals surface area contributed by atoms with E-state index in [9.17, 15) is 9.59 Å². The van der Waals surface area contributed by atoms with Gasteiger partial charge in [0.2, 0.25) is 5.91 Å². The fraction of sp³-hybridized carbons (Fsp3) is 0.467. The molecule has 1 aliphatic rings. The van der Waals surface area contributed by atoms with Crippen molar-refractivity contribution < 1.29 is 14.3 Å². The van der Waals surface area contributed by atoms with Gasteiger partial charge in [-0.25, -0.2) is 0 Å². The van der Waals surface area contributed by atoms with E-state index in [1.165, 1.54) is 17.3 Å². The second kappa shape index (κ2) is 7.33. The highest BCUT2D eigenvalue weighted by molar-refractivity contribution is 8.00. The lowest BCUT2D eigenvalue weighted by atomic mass is 10.0. The third kappa shape index (κ3) is 3.76. The fourth-order valence-electron chi connectivity index (χ4n) is 2.29. The predicted octanol–water partition coefficient (Wildman–Crippen LogP) is 2.26. The normalized spacial score (nSPS) is 13.8. The number of esters is 1. The highest BCUT2D eigenvalue weighted by Crippen LogP contribution is 2.27. The molecule has 1 aromatic carbocycles. The Labute approximate surface area is 123 Å². The van der Waals surface area contributed by atoms with Crippen LogP contribution in [0.2, 0.25) is 0 Å². The van der Waals surface area contributed by atoms with Crippen LogP contribution in [0.5, 0.6) is 0 Å². The van der Waals surface area contributed by atoms with Gasteiger partial charge in [0.15, 0.2) is 0 Å². The molecule has 0 saturated heterocycles. The molecule has 1 aromatic rings. The zero-order valence-electron chi connectivity index (χ0n) is 11.6. The number of para-hydroxylation sites is 1. The Kier molecular flexibility index (Phi) is 5.47. The molecule has 1 aliphatic heterocycles. The monoisotopic (exact) mass is 293 g/mol. The van der Waals surface area contributed by atoms with Crippen LogP contribution >= 0.6 is 11.8 Å². The molecule has 0 saturated carbocycles. The number of nitrogens with zero attached hydrogens (tertiary/aromatic N) is 1. The van der Waals surface area contributed by atoms with Crippen molar-refractivity contribution in [2.75, 3.05) is 29.6 Å². The van der Waals surface area contributed by atoms with Gasteiger partial charge in [0.05, 0.1) is 18.1 Å². The lowest BCUT2D eigenvalue weighted by Gasteiger charge is -2.29. The van der Waals surface area contributed by atoms with E-state index < -0.39 is 0 Å². The molecule has 0 atom stereocenters. The Bertz CT molecular complexity index is 490. The van der Waals surface area contributed by atoms with Gasteiger partial charge in [-0.15, -0.1) is 11.8 Å². The van der Waals surface area contributed by atoms with E-state index in [2.05, 4.69) is 6.07 Å². The van der Waals surface area contributed by atoms with Gasteiger partial charge < -0.3 is 9.64 Å². The van der Waals surface area contributed by atoms with Crippen molar-refractivity contribution in [1.82, 2.24) is 0 Å². The summed E-state index contributed by atoms with van der Waals surface area (Å²) >= 11 is 1.31. The van der Waals surface area contributed by atoms with Gasteiger partial charge >= 0.3 is 5.97 Å². The molecular formula is C15H19NO3S. The summed E-state index contributed by atoms with van der Waals surface area (Å²) in [4.78, 5) is 25.3. The Morgan fingerprint density at radius 3 is 2.90 bits per heavy atom. The maximum atomic E-state index is 12.3. The van der Waals surface area contributed by atoms with E-state index in [0.717, 1.165) is 25.1 Å². The van der Waals surface area contributed by atoms with Crippen molar-refractivity contribution in [3.05, 3.63) is 29.8 Å². The molecule has 1 heterocycles. The van der Waals surface area contributed by atoms with E-state index in [4.69, 9.17) is 4.74 Å². The first-order valence-electron chi connectivity index (χ1n) is 6.84. The molecule has 0 aliphatic carbocycles. The number of thioether (sulfide) groups is 1. The number of benzene rings is 1. The molecule has 0 aromatic heterocycles. The van der Waals surface area contributed by atoms with Gasteiger partial charge in [-0.2, -0.15) is 0 Å². The quantitative estimate of drug-likeness (QED) is 0.781. The Morgan fingerprint density at radius 1 is 1.30 bits per heavy atom. The first-order valence-corrected chi connectivity index (χ1v) is 7.99. The van der Waals surface area contributed by atoms with Crippen LogP contribution in [0, 0.1) is 0 Å². The lowest BCUT2D eigenvalue weighted by molar-refractivity contribution is -0.139. The van der Waals surface area contributed by atoms with E-state index in [1.54, 1.807) is 6.92 Å². The smallest absolute Gasteiger partial charge is 0.315 e. The van der Waals surface area contributed by atoms with Crippen LogP contribution in [-0.4, -0.2) is 36.5 Å². The van der Waals surface area contributed by atoms with E-state index >= 15 is 0 Å². The molecule has 2 rings (SSSR count). The zero-order valence-corrected chi connectivity index (χ0v) is 12.4. The number of carbonyl (C=O) groups is 2. The van der Waals surface area contributed by atoms with Gasteiger partial charge in [0.1, 0.15) is 0 Å². The largest absolute Gasteiger partial charge is 0.465 e. The van der Waals surface area contributed by atoms with Crippen LogP contribution in [-0.2, 0) is 20.7 Å². The maximum absolute atomic E-state index is 12.3. The maximum Gasteiger partial charge on any atom is 0.315 e. The fourth-order valence-corrected chi connectivity index (χ4v) is 2.98. The first kappa shape index (κ1) is 14.9. The molecule has 0 bridgehead atoms. The molecule has 5 heteroatoms. The zero-order chi connectivity index (χ0) is 14.4. The predicted molar refractivity (Wildman–Crippen MR) is 81.1 cm³/mol. The molecule has 4 nitrogen and oxygen atoms in total. The van der Waals surface area contributed by atoms with Crippen molar-refractivity contribution >= 4 is 29.3 Å². The van der Waals surface area contributed by atoms with E-state index in [-0.39, 0.29) is 17.6 Å². The minimum absolute atomic E-state index is 0.0615. The number of carbonyl (C=O) groups excluding carboxylic acids is 2. The van der Waals surface area contributed by atoms with Crippen molar-refractivity contribution in [3.63, 3.8) is 0 Å². The minimum Gasteiger partial charge on any atom is -0.465 e. The summed E-state index contributed by atoms with van der Waals surface area (Å²) in [6.45, 7) is 2.92. The summed E-state index contributed by atoms with van der Waals surface area (Å²) < 4.78 is 4.84. The molecule has 0 spiro atoms. The number of fused-ring (bicyclic) bond motifs is 1. The van der Waals surface area contributed by atoms with Crippen molar-refractivity contribution in [2.45, 2.75) is 19.8 Å². The molecule has 0 radical (unpaired) electrons. The number of amides is 1. The Hall–Kier alpha value is -1.49. The van der Waals surface area contributed by atoms with Gasteiger partial charge in [-0.05, 0) is 31.4 Å². The Morgan fingerprint density at radius 2 is 2.10 bits per heavy atom. The third-order valence-electron chi connectivity index (χ3n) is 3.16. The van der Waals surface area contributed by atoms with Crippen LogP contribution < -0.4 is 4.90 Å². The molecule has 0 N–H and O–H groups in total. The van der Waals surface area contributed by atoms with Crippen LogP contribution in [0.4, 0.5) is 5.69 Å². The number of hydrogen-bond acceptors (Lipinski definition) is 4. The van der Waals surface area contributed by atoms with Crippen LogP contribution in [0.25, 0.3) is 0 Å². The molecular weight excluding hydrogens is 274 g/mol. The molecule has 0 unspecified atom stereocenters. The first-order chi connectivity index (χ1) is 9.72. The van der Waals surface area contributed by atoms with Crippen molar-refractivity contribution in [1.29, 1.82) is 0 Å². The highest BCUT2D eigenvalue weighted by atomic mass is 32.2. The average molecular weight is 293 g/mol. The lowest BCUT2D eigenvalue weighted by Crippen LogP contribution is -2.36. The van der Waals surface area contributed by atoms with Gasteiger partial charge in [-0.3, -0.25) is 9.59 Å². The Balaban J connectivity index is 1.89. The third-order valence-corrected chi connectivity index (χ3v) is 4.05. The van der Waals surface area contributed by atoms with Crippen molar-refractivity contribution in [3.8, 4) is 0 Å². The molecule has 1 amide bonds. The number of anilines is 1.